The van der Waals surface area contributed by atoms with E-state index in [4.69, 9.17) is 9.97 Å². The molecule has 3 N–H and O–H groups in total. The second-order valence-electron chi connectivity index (χ2n) is 6.97. The minimum Gasteiger partial charge on any atom is -0.506 e. The number of anilines is 1. The van der Waals surface area contributed by atoms with Crippen LogP contribution >= 0.6 is 35.1 Å². The van der Waals surface area contributed by atoms with Gasteiger partial charge in [0.05, 0.1) is 6.20 Å². The zero-order valence-electron chi connectivity index (χ0n) is 16.3. The third-order valence-corrected chi connectivity index (χ3v) is 7.27. The van der Waals surface area contributed by atoms with Crippen LogP contribution in [-0.2, 0) is 0 Å². The van der Waals surface area contributed by atoms with E-state index in [1.165, 1.54) is 11.3 Å². The van der Waals surface area contributed by atoms with E-state index in [9.17, 15) is 5.11 Å². The number of piperidine rings is 1. The summed E-state index contributed by atoms with van der Waals surface area (Å²) in [6, 6.07) is 2.22. The maximum atomic E-state index is 10.5. The number of thiazole rings is 2. The second kappa shape index (κ2) is 8.84. The molecule has 30 heavy (non-hydrogen) atoms. The molecule has 0 saturated carbocycles. The number of aromatic nitrogens is 5. The Balaban J connectivity index is 0.00000218. The van der Waals surface area contributed by atoms with Gasteiger partial charge in [-0.2, -0.15) is 5.10 Å². The Morgan fingerprint density at radius 3 is 2.60 bits per heavy atom. The molecule has 4 aromatic heterocycles. The fraction of sp³-hybridized carbons (Fsp3) is 0.368. The van der Waals surface area contributed by atoms with Crippen molar-refractivity contribution in [1.82, 2.24) is 30.5 Å². The summed E-state index contributed by atoms with van der Waals surface area (Å²) in [5.74, 6) is 0.107. The molecule has 1 saturated heterocycles. The number of nitrogens with zero attached hydrogens (tertiary/aromatic N) is 5. The first-order valence-electron chi connectivity index (χ1n) is 9.66. The van der Waals surface area contributed by atoms with Gasteiger partial charge in [0, 0.05) is 36.1 Å². The van der Waals surface area contributed by atoms with Crippen LogP contribution in [0.25, 0.3) is 31.5 Å². The molecule has 158 valence electrons. The number of nitrogens with one attached hydrogen (secondary N) is 2. The maximum absolute atomic E-state index is 10.5. The minimum atomic E-state index is 0. The molecule has 0 aromatic carbocycles. The van der Waals surface area contributed by atoms with Gasteiger partial charge in [-0.1, -0.05) is 22.7 Å². The van der Waals surface area contributed by atoms with Gasteiger partial charge in [-0.05, 0) is 38.9 Å². The molecule has 0 unspecified atom stereocenters. The summed E-state index contributed by atoms with van der Waals surface area (Å²) in [5, 5.41) is 22.3. The number of hydrogen-bond donors (Lipinski definition) is 3. The third-order valence-electron chi connectivity index (χ3n) is 5.20. The summed E-state index contributed by atoms with van der Waals surface area (Å²) in [4.78, 5) is 18.2. The predicted octanol–water partition coefficient (Wildman–Crippen LogP) is 3.91. The lowest BCUT2D eigenvalue weighted by atomic mass is 10.1. The molecule has 0 radical (unpaired) electrons. The maximum Gasteiger partial charge on any atom is 0.189 e. The van der Waals surface area contributed by atoms with Gasteiger partial charge in [-0.3, -0.25) is 5.10 Å². The van der Waals surface area contributed by atoms with Crippen molar-refractivity contribution in [2.24, 2.45) is 0 Å². The number of aromatic hydroxyl groups is 1. The first-order valence-corrected chi connectivity index (χ1v) is 11.3. The van der Waals surface area contributed by atoms with E-state index in [0.717, 1.165) is 58.4 Å². The van der Waals surface area contributed by atoms with Crippen molar-refractivity contribution in [3.63, 3.8) is 0 Å². The lowest BCUT2D eigenvalue weighted by molar-refractivity contribution is 0.433. The average Bonchev–Trinajstić information content (AvgIpc) is 3.46. The summed E-state index contributed by atoms with van der Waals surface area (Å²) in [6.45, 7) is 5.24. The largest absolute Gasteiger partial charge is 0.506 e. The lowest BCUT2D eigenvalue weighted by Gasteiger charge is -2.33. The van der Waals surface area contributed by atoms with Gasteiger partial charge in [0.25, 0.3) is 0 Å². The van der Waals surface area contributed by atoms with Crippen molar-refractivity contribution in [3.05, 3.63) is 24.7 Å². The number of hydrogen-bond acceptors (Lipinski definition) is 9. The van der Waals surface area contributed by atoms with Crippen LogP contribution in [0.1, 0.15) is 19.8 Å². The normalized spacial score (nSPS) is 14.7. The van der Waals surface area contributed by atoms with Crippen LogP contribution in [0.15, 0.2) is 24.7 Å². The molecule has 1 fully saturated rings. The van der Waals surface area contributed by atoms with Crippen LogP contribution in [0.5, 0.6) is 5.75 Å². The first kappa shape index (κ1) is 21.0. The van der Waals surface area contributed by atoms with E-state index in [1.807, 2.05) is 0 Å². The number of fused-ring (bicyclic) bond motifs is 1. The van der Waals surface area contributed by atoms with Crippen molar-refractivity contribution in [3.8, 4) is 27.6 Å². The zero-order valence-corrected chi connectivity index (χ0v) is 18.8. The molecule has 1 aliphatic heterocycles. The third kappa shape index (κ3) is 3.87. The highest BCUT2D eigenvalue weighted by Gasteiger charge is 2.24. The Hall–Kier alpha value is -2.27. The second-order valence-corrected chi connectivity index (χ2v) is 8.91. The summed E-state index contributed by atoms with van der Waals surface area (Å²) in [5.41, 5.74) is 2.17. The van der Waals surface area contributed by atoms with E-state index in [2.05, 4.69) is 32.3 Å². The summed E-state index contributed by atoms with van der Waals surface area (Å²) in [6.07, 6.45) is 7.47. The molecule has 0 spiro atoms. The van der Waals surface area contributed by atoms with Crippen molar-refractivity contribution in [2.75, 3.05) is 24.5 Å². The predicted molar refractivity (Wildman–Crippen MR) is 124 cm³/mol. The van der Waals surface area contributed by atoms with Gasteiger partial charge >= 0.3 is 0 Å². The molecule has 0 amide bonds. The lowest BCUT2D eigenvalue weighted by Crippen LogP contribution is -2.43. The Morgan fingerprint density at radius 1 is 1.13 bits per heavy atom. The Labute approximate surface area is 187 Å². The van der Waals surface area contributed by atoms with Gasteiger partial charge in [0.1, 0.15) is 16.5 Å². The highest BCUT2D eigenvalue weighted by atomic mass is 35.5. The molecule has 1 aliphatic rings. The van der Waals surface area contributed by atoms with E-state index in [0.29, 0.717) is 16.7 Å². The van der Waals surface area contributed by atoms with Crippen molar-refractivity contribution in [1.29, 1.82) is 0 Å². The fourth-order valence-electron chi connectivity index (χ4n) is 3.71. The SMILES string of the molecule is CCN(c1nc2sc(-c3ncc(-c4cn[nH]c4)cc3O)nc2s1)C1CCNCC1.Cl. The van der Waals surface area contributed by atoms with Gasteiger partial charge in [0.2, 0.25) is 0 Å². The van der Waals surface area contributed by atoms with Gasteiger partial charge in [-0.15, -0.1) is 12.4 Å². The van der Waals surface area contributed by atoms with Crippen LogP contribution < -0.4 is 10.2 Å². The number of halogens is 1. The van der Waals surface area contributed by atoms with Gasteiger partial charge < -0.3 is 15.3 Å². The van der Waals surface area contributed by atoms with Crippen LogP contribution in [0, 0.1) is 0 Å². The Kier molecular flexibility index (Phi) is 6.19. The number of aromatic amines is 1. The van der Waals surface area contributed by atoms with Gasteiger partial charge in [0.15, 0.2) is 14.8 Å². The Bertz CT molecular complexity index is 1090. The molecule has 0 atom stereocenters. The summed E-state index contributed by atoms with van der Waals surface area (Å²) >= 11 is 3.09. The first-order chi connectivity index (χ1) is 14.2. The standard InChI is InChI=1S/C19H21N7OS2.ClH/c1-2-26(13-3-5-20-6-4-13)19-25-18-17(29-19)24-16(28-18)15-14(27)7-11(8-21-15)12-9-22-23-10-12;/h7-10,13,20,27H,2-6H2,1H3,(H,22,23);1H. The van der Waals surface area contributed by atoms with Crippen molar-refractivity contribution < 1.29 is 5.11 Å². The number of H-pyrrole nitrogens is 1. The van der Waals surface area contributed by atoms with Crippen molar-refractivity contribution in [2.45, 2.75) is 25.8 Å². The molecule has 11 heteroatoms. The van der Waals surface area contributed by atoms with Crippen LogP contribution in [-0.4, -0.2) is 55.9 Å². The topological polar surface area (TPSA) is 103 Å². The van der Waals surface area contributed by atoms with Gasteiger partial charge in [-0.25, -0.2) is 15.0 Å². The Morgan fingerprint density at radius 2 is 1.93 bits per heavy atom. The van der Waals surface area contributed by atoms with Crippen LogP contribution in [0.4, 0.5) is 5.13 Å². The van der Waals surface area contributed by atoms with Crippen LogP contribution in [0.2, 0.25) is 0 Å². The van der Waals surface area contributed by atoms with E-state index < -0.39 is 0 Å². The highest BCUT2D eigenvalue weighted by Crippen LogP contribution is 2.39. The molecular formula is C19H22ClN7OS2. The van der Waals surface area contributed by atoms with Crippen LogP contribution in [0.3, 0.4) is 0 Å². The highest BCUT2D eigenvalue weighted by molar-refractivity contribution is 7.29. The molecular weight excluding hydrogens is 442 g/mol. The zero-order chi connectivity index (χ0) is 19.8. The van der Waals surface area contributed by atoms with E-state index in [-0.39, 0.29) is 18.2 Å². The quantitative estimate of drug-likeness (QED) is 0.412. The molecule has 4 aromatic rings. The minimum absolute atomic E-state index is 0. The molecule has 0 aliphatic carbocycles. The smallest absolute Gasteiger partial charge is 0.189 e. The van der Waals surface area contributed by atoms with E-state index in [1.54, 1.807) is 36.0 Å². The summed E-state index contributed by atoms with van der Waals surface area (Å²) < 4.78 is 0. The number of pyridine rings is 1. The van der Waals surface area contributed by atoms with Crippen molar-refractivity contribution >= 4 is 49.9 Å². The van der Waals surface area contributed by atoms with E-state index >= 15 is 0 Å². The summed E-state index contributed by atoms with van der Waals surface area (Å²) in [7, 11) is 0. The fourth-order valence-corrected chi connectivity index (χ4v) is 5.89. The molecule has 0 bridgehead atoms. The molecule has 8 nitrogen and oxygen atoms in total. The molecule has 5 rings (SSSR count). The monoisotopic (exact) mass is 463 g/mol. The number of rotatable bonds is 5. The molecule has 5 heterocycles. The average molecular weight is 464 g/mol.